The van der Waals surface area contributed by atoms with Crippen LogP contribution in [0.2, 0.25) is 0 Å². The number of hydrogen-bond acceptors (Lipinski definition) is 9. The number of methoxy groups -OCH3 is 3. The maximum Gasteiger partial charge on any atom is 0.320 e. The highest BCUT2D eigenvalue weighted by Gasteiger charge is 2.25. The Bertz CT molecular complexity index is 1060. The number of benzene rings is 1. The Balaban J connectivity index is 2.07. The SMILES string of the molecule is CCN(CC)CCN(C(=O)c1cc(OC)nc(OC)n1)c1nc2c(OC)ccc(C)c2s1. The number of amides is 1. The molecule has 0 radical (unpaired) electrons. The van der Waals surface area contributed by atoms with Crippen molar-refractivity contribution in [3.05, 3.63) is 29.5 Å². The van der Waals surface area contributed by atoms with Crippen LogP contribution in [0.3, 0.4) is 0 Å². The normalized spacial score (nSPS) is 11.1. The molecule has 2 heterocycles. The van der Waals surface area contributed by atoms with Gasteiger partial charge in [0.1, 0.15) is 17.0 Å². The fourth-order valence-corrected chi connectivity index (χ4v) is 4.37. The van der Waals surface area contributed by atoms with E-state index in [2.05, 4.69) is 28.7 Å². The standard InChI is InChI=1S/C22H29N5O4S/c1-7-26(8-2)11-12-27(20(28)15-13-17(30-5)24-21(23-15)31-6)22-25-18-16(29-4)10-9-14(3)19(18)32-22/h9-10,13H,7-8,11-12H2,1-6H3. The molecule has 0 aliphatic rings. The number of ether oxygens (including phenoxy) is 3. The van der Waals surface area contributed by atoms with E-state index in [1.165, 1.54) is 31.6 Å². The molecule has 0 spiro atoms. The van der Waals surface area contributed by atoms with Gasteiger partial charge < -0.3 is 19.1 Å². The van der Waals surface area contributed by atoms with Gasteiger partial charge in [-0.25, -0.2) is 4.98 Å². The molecule has 9 nitrogen and oxygen atoms in total. The summed E-state index contributed by atoms with van der Waals surface area (Å²) in [4.78, 5) is 30.7. The molecule has 172 valence electrons. The van der Waals surface area contributed by atoms with Crippen LogP contribution in [0, 0.1) is 6.92 Å². The van der Waals surface area contributed by atoms with Gasteiger partial charge in [0.15, 0.2) is 5.13 Å². The maximum absolute atomic E-state index is 13.6. The molecule has 0 saturated carbocycles. The molecule has 0 aliphatic carbocycles. The van der Waals surface area contributed by atoms with E-state index < -0.39 is 0 Å². The lowest BCUT2D eigenvalue weighted by molar-refractivity contribution is 0.0977. The number of rotatable bonds is 10. The van der Waals surface area contributed by atoms with Crippen molar-refractivity contribution < 1.29 is 19.0 Å². The Kier molecular flexibility index (Phi) is 7.81. The Labute approximate surface area is 192 Å². The van der Waals surface area contributed by atoms with Crippen LogP contribution in [0.1, 0.15) is 29.9 Å². The second-order valence-electron chi connectivity index (χ2n) is 7.02. The van der Waals surface area contributed by atoms with Gasteiger partial charge in [-0.1, -0.05) is 31.3 Å². The number of thiazole rings is 1. The van der Waals surface area contributed by atoms with Crippen molar-refractivity contribution in [3.63, 3.8) is 0 Å². The number of fused-ring (bicyclic) bond motifs is 1. The van der Waals surface area contributed by atoms with Crippen LogP contribution in [0.5, 0.6) is 17.6 Å². The Morgan fingerprint density at radius 2 is 1.75 bits per heavy atom. The number of anilines is 1. The summed E-state index contributed by atoms with van der Waals surface area (Å²) in [6, 6.07) is 5.46. The zero-order valence-electron chi connectivity index (χ0n) is 19.3. The van der Waals surface area contributed by atoms with Gasteiger partial charge in [0.05, 0.1) is 26.0 Å². The molecule has 0 fully saturated rings. The summed E-state index contributed by atoms with van der Waals surface area (Å²) in [5.74, 6) is 0.632. The van der Waals surface area contributed by atoms with Gasteiger partial charge in [0, 0.05) is 19.2 Å². The summed E-state index contributed by atoms with van der Waals surface area (Å²) in [7, 11) is 4.55. The van der Waals surface area contributed by atoms with Crippen LogP contribution in [-0.2, 0) is 0 Å². The Morgan fingerprint density at radius 1 is 1.00 bits per heavy atom. The number of hydrogen-bond donors (Lipinski definition) is 0. The number of aromatic nitrogens is 3. The van der Waals surface area contributed by atoms with Gasteiger partial charge in [-0.3, -0.25) is 9.69 Å². The molecule has 1 amide bonds. The molecule has 1 aromatic carbocycles. The van der Waals surface area contributed by atoms with Crippen LogP contribution in [0.4, 0.5) is 5.13 Å². The second kappa shape index (κ2) is 10.6. The van der Waals surface area contributed by atoms with Gasteiger partial charge in [-0.2, -0.15) is 9.97 Å². The predicted molar refractivity (Wildman–Crippen MR) is 126 cm³/mol. The minimum Gasteiger partial charge on any atom is -0.494 e. The number of likely N-dealkylation sites (N-methyl/N-ethyl adjacent to an activating group) is 1. The largest absolute Gasteiger partial charge is 0.494 e. The van der Waals surface area contributed by atoms with E-state index >= 15 is 0 Å². The molecule has 0 unspecified atom stereocenters. The summed E-state index contributed by atoms with van der Waals surface area (Å²) in [6.07, 6.45) is 0. The van der Waals surface area contributed by atoms with Crippen molar-refractivity contribution in [1.29, 1.82) is 0 Å². The third kappa shape index (κ3) is 4.91. The molecule has 0 saturated heterocycles. The highest BCUT2D eigenvalue weighted by molar-refractivity contribution is 7.22. The number of carbonyl (C=O) groups is 1. The van der Waals surface area contributed by atoms with E-state index in [0.717, 1.165) is 28.9 Å². The topological polar surface area (TPSA) is 89.9 Å². The molecular formula is C22H29N5O4S. The molecule has 32 heavy (non-hydrogen) atoms. The molecule has 2 aromatic heterocycles. The molecule has 0 atom stereocenters. The third-order valence-corrected chi connectivity index (χ3v) is 6.43. The van der Waals surface area contributed by atoms with Crippen LogP contribution in [-0.4, -0.2) is 73.3 Å². The fourth-order valence-electron chi connectivity index (χ4n) is 3.29. The Hall–Kier alpha value is -2.98. The van der Waals surface area contributed by atoms with Gasteiger partial charge in [0.2, 0.25) is 5.88 Å². The smallest absolute Gasteiger partial charge is 0.320 e. The zero-order valence-corrected chi connectivity index (χ0v) is 20.2. The van der Waals surface area contributed by atoms with Crippen molar-refractivity contribution in [2.24, 2.45) is 0 Å². The molecule has 0 N–H and O–H groups in total. The van der Waals surface area contributed by atoms with Crippen LogP contribution < -0.4 is 19.1 Å². The molecule has 0 bridgehead atoms. The second-order valence-corrected chi connectivity index (χ2v) is 8.00. The van der Waals surface area contributed by atoms with Crippen molar-refractivity contribution in [3.8, 4) is 17.6 Å². The average Bonchev–Trinajstić information content (AvgIpc) is 3.27. The lowest BCUT2D eigenvalue weighted by Crippen LogP contribution is -2.39. The molecule has 3 aromatic rings. The minimum absolute atomic E-state index is 0.0678. The first-order chi connectivity index (χ1) is 15.4. The minimum atomic E-state index is -0.299. The van der Waals surface area contributed by atoms with Crippen LogP contribution in [0.25, 0.3) is 10.2 Å². The van der Waals surface area contributed by atoms with Crippen LogP contribution in [0.15, 0.2) is 18.2 Å². The summed E-state index contributed by atoms with van der Waals surface area (Å²) in [5.41, 5.74) is 1.99. The van der Waals surface area contributed by atoms with E-state index in [1.807, 2.05) is 19.1 Å². The summed E-state index contributed by atoms with van der Waals surface area (Å²) in [5, 5.41) is 0.585. The van der Waals surface area contributed by atoms with Crippen LogP contribution >= 0.6 is 11.3 Å². The zero-order chi connectivity index (χ0) is 23.3. The lowest BCUT2D eigenvalue weighted by Gasteiger charge is -2.24. The average molecular weight is 460 g/mol. The quantitative estimate of drug-likeness (QED) is 0.456. The van der Waals surface area contributed by atoms with Gasteiger partial charge in [0.25, 0.3) is 5.91 Å². The highest BCUT2D eigenvalue weighted by Crippen LogP contribution is 2.36. The van der Waals surface area contributed by atoms with Crippen molar-refractivity contribution >= 4 is 32.6 Å². The Morgan fingerprint density at radius 3 is 2.38 bits per heavy atom. The monoisotopic (exact) mass is 459 g/mol. The third-order valence-electron chi connectivity index (χ3n) is 5.22. The molecule has 10 heteroatoms. The fraction of sp³-hybridized carbons (Fsp3) is 0.455. The van der Waals surface area contributed by atoms with Crippen molar-refractivity contribution in [2.75, 3.05) is 52.4 Å². The van der Waals surface area contributed by atoms with Gasteiger partial charge in [-0.15, -0.1) is 0 Å². The first kappa shape index (κ1) is 23.7. The summed E-state index contributed by atoms with van der Waals surface area (Å²) < 4.78 is 16.8. The van der Waals surface area contributed by atoms with Crippen molar-refractivity contribution in [1.82, 2.24) is 19.9 Å². The first-order valence-corrected chi connectivity index (χ1v) is 11.2. The van der Waals surface area contributed by atoms with E-state index in [0.29, 0.717) is 24.0 Å². The van der Waals surface area contributed by atoms with E-state index in [-0.39, 0.29) is 23.5 Å². The number of aryl methyl sites for hydroxylation is 1. The first-order valence-electron chi connectivity index (χ1n) is 10.4. The van der Waals surface area contributed by atoms with Gasteiger partial charge in [-0.05, 0) is 31.6 Å². The van der Waals surface area contributed by atoms with E-state index in [4.69, 9.17) is 19.2 Å². The van der Waals surface area contributed by atoms with Gasteiger partial charge >= 0.3 is 6.01 Å². The molecule has 0 aliphatic heterocycles. The lowest BCUT2D eigenvalue weighted by atomic mass is 10.2. The molecule has 3 rings (SSSR count). The highest BCUT2D eigenvalue weighted by atomic mass is 32.1. The van der Waals surface area contributed by atoms with Crippen molar-refractivity contribution in [2.45, 2.75) is 20.8 Å². The number of nitrogens with zero attached hydrogens (tertiary/aromatic N) is 5. The van der Waals surface area contributed by atoms with E-state index in [9.17, 15) is 4.79 Å². The molecular weight excluding hydrogens is 430 g/mol. The number of carbonyl (C=O) groups excluding carboxylic acids is 1. The summed E-state index contributed by atoms with van der Waals surface area (Å²) in [6.45, 7) is 9.15. The predicted octanol–water partition coefficient (Wildman–Crippen LogP) is 3.41. The maximum atomic E-state index is 13.6. The van der Waals surface area contributed by atoms with E-state index in [1.54, 1.807) is 12.0 Å². The summed E-state index contributed by atoms with van der Waals surface area (Å²) >= 11 is 1.46.